The lowest BCUT2D eigenvalue weighted by atomic mass is 10.2. The molecule has 1 rings (SSSR count). The lowest BCUT2D eigenvalue weighted by Crippen LogP contribution is -2.19. The minimum absolute atomic E-state index is 0.0162. The lowest BCUT2D eigenvalue weighted by Gasteiger charge is -2.08. The molecule has 2 nitrogen and oxygen atoms in total. The quantitative estimate of drug-likeness (QED) is 0.776. The van der Waals surface area contributed by atoms with Crippen LogP contribution in [0.2, 0.25) is 0 Å². The molecule has 0 unspecified atom stereocenters. The Morgan fingerprint density at radius 1 is 1.56 bits per heavy atom. The molecule has 1 aromatic rings. The van der Waals surface area contributed by atoms with E-state index in [1.807, 2.05) is 13.0 Å². The van der Waals surface area contributed by atoms with E-state index >= 15 is 0 Å². The first-order valence-electron chi connectivity index (χ1n) is 4.89. The van der Waals surface area contributed by atoms with Gasteiger partial charge in [0.15, 0.2) is 0 Å². The van der Waals surface area contributed by atoms with E-state index in [1.54, 1.807) is 29.0 Å². The van der Waals surface area contributed by atoms with Crippen LogP contribution in [-0.2, 0) is 6.54 Å². The van der Waals surface area contributed by atoms with Crippen LogP contribution in [-0.4, -0.2) is 4.57 Å². The average Bonchev–Trinajstić information content (AvgIpc) is 2.25. The number of aryl methyl sites for hydroxylation is 1. The zero-order valence-electron chi connectivity index (χ0n) is 9.24. The van der Waals surface area contributed by atoms with Gasteiger partial charge in [-0.3, -0.25) is 4.79 Å². The number of aromatic nitrogens is 1. The highest BCUT2D eigenvalue weighted by Gasteiger charge is 2.01. The minimum Gasteiger partial charge on any atom is -0.310 e. The second kappa shape index (κ2) is 5.66. The van der Waals surface area contributed by atoms with Crippen LogP contribution in [0.3, 0.4) is 0 Å². The van der Waals surface area contributed by atoms with Crippen molar-refractivity contribution in [2.45, 2.75) is 13.5 Å². The third-order valence-corrected chi connectivity index (χ3v) is 3.05. The number of halogens is 1. The summed E-state index contributed by atoms with van der Waals surface area (Å²) in [5, 5.41) is 0. The van der Waals surface area contributed by atoms with E-state index in [0.29, 0.717) is 6.54 Å². The Morgan fingerprint density at radius 2 is 2.25 bits per heavy atom. The van der Waals surface area contributed by atoms with Crippen LogP contribution in [0.1, 0.15) is 5.56 Å². The SMILES string of the molecule is C=C/C=C(\C=C)Cn1cc(Br)c(C)cc1=O. The minimum atomic E-state index is -0.0162. The summed E-state index contributed by atoms with van der Waals surface area (Å²) in [5.74, 6) is 0. The van der Waals surface area contributed by atoms with Gasteiger partial charge in [0.05, 0.1) is 6.54 Å². The van der Waals surface area contributed by atoms with Crippen LogP contribution in [0, 0.1) is 6.92 Å². The molecule has 0 radical (unpaired) electrons. The molecule has 16 heavy (non-hydrogen) atoms. The molecule has 0 aliphatic carbocycles. The van der Waals surface area contributed by atoms with Gasteiger partial charge in [-0.2, -0.15) is 0 Å². The summed E-state index contributed by atoms with van der Waals surface area (Å²) in [4.78, 5) is 11.7. The molecule has 0 aliphatic rings. The van der Waals surface area contributed by atoms with E-state index in [0.717, 1.165) is 15.6 Å². The summed E-state index contributed by atoms with van der Waals surface area (Å²) >= 11 is 3.41. The van der Waals surface area contributed by atoms with Gasteiger partial charge in [0, 0.05) is 16.7 Å². The predicted octanol–water partition coefficient (Wildman–Crippen LogP) is 3.22. The Balaban J connectivity index is 3.11. The molecule has 84 valence electrons. The second-order valence-electron chi connectivity index (χ2n) is 3.45. The van der Waals surface area contributed by atoms with Crippen LogP contribution in [0.25, 0.3) is 0 Å². The van der Waals surface area contributed by atoms with Crippen molar-refractivity contribution in [3.63, 3.8) is 0 Å². The first kappa shape index (κ1) is 12.7. The number of pyridine rings is 1. The molecule has 1 aromatic heterocycles. The predicted molar refractivity (Wildman–Crippen MR) is 71.6 cm³/mol. The Labute approximate surface area is 104 Å². The Morgan fingerprint density at radius 3 is 2.81 bits per heavy atom. The van der Waals surface area contributed by atoms with Gasteiger partial charge in [0.1, 0.15) is 0 Å². The number of rotatable bonds is 4. The normalized spacial score (nSPS) is 11.2. The molecule has 0 spiro atoms. The molecule has 0 amide bonds. The molecular weight excluding hydrogens is 266 g/mol. The van der Waals surface area contributed by atoms with Crippen molar-refractivity contribution in [3.05, 3.63) is 69.6 Å². The van der Waals surface area contributed by atoms with Crippen molar-refractivity contribution in [1.29, 1.82) is 0 Å². The maximum atomic E-state index is 11.7. The summed E-state index contributed by atoms with van der Waals surface area (Å²) < 4.78 is 2.56. The van der Waals surface area contributed by atoms with Gasteiger partial charge in [-0.15, -0.1) is 0 Å². The van der Waals surface area contributed by atoms with E-state index in [9.17, 15) is 4.79 Å². The van der Waals surface area contributed by atoms with Gasteiger partial charge in [0.25, 0.3) is 5.56 Å². The first-order chi connectivity index (χ1) is 7.58. The van der Waals surface area contributed by atoms with Crippen molar-refractivity contribution in [1.82, 2.24) is 4.57 Å². The van der Waals surface area contributed by atoms with E-state index in [1.165, 1.54) is 0 Å². The highest BCUT2D eigenvalue weighted by atomic mass is 79.9. The number of hydrogen-bond acceptors (Lipinski definition) is 1. The molecule has 0 N–H and O–H groups in total. The summed E-state index contributed by atoms with van der Waals surface area (Å²) in [7, 11) is 0. The van der Waals surface area contributed by atoms with Gasteiger partial charge in [-0.25, -0.2) is 0 Å². The van der Waals surface area contributed by atoms with E-state index < -0.39 is 0 Å². The summed E-state index contributed by atoms with van der Waals surface area (Å²) in [5.41, 5.74) is 1.87. The third-order valence-electron chi connectivity index (χ3n) is 2.22. The van der Waals surface area contributed by atoms with Gasteiger partial charge in [-0.05, 0) is 34.0 Å². The van der Waals surface area contributed by atoms with Crippen molar-refractivity contribution >= 4 is 15.9 Å². The fourth-order valence-electron chi connectivity index (χ4n) is 1.30. The molecule has 0 aliphatic heterocycles. The highest BCUT2D eigenvalue weighted by Crippen LogP contribution is 2.13. The molecule has 3 heteroatoms. The highest BCUT2D eigenvalue weighted by molar-refractivity contribution is 9.10. The summed E-state index contributed by atoms with van der Waals surface area (Å²) in [6, 6.07) is 1.61. The topological polar surface area (TPSA) is 22.0 Å². The fourth-order valence-corrected chi connectivity index (χ4v) is 1.66. The number of allylic oxidation sites excluding steroid dienone is 4. The van der Waals surface area contributed by atoms with Gasteiger partial charge in [-0.1, -0.05) is 31.4 Å². The molecule has 0 saturated carbocycles. The van der Waals surface area contributed by atoms with Crippen LogP contribution in [0.5, 0.6) is 0 Å². The average molecular weight is 280 g/mol. The van der Waals surface area contributed by atoms with Crippen molar-refractivity contribution in [2.75, 3.05) is 0 Å². The van der Waals surface area contributed by atoms with Crippen LogP contribution < -0.4 is 5.56 Å². The zero-order valence-corrected chi connectivity index (χ0v) is 10.8. The maximum absolute atomic E-state index is 11.7. The molecular formula is C13H14BrNO. The monoisotopic (exact) mass is 279 g/mol. The summed E-state index contributed by atoms with van der Waals surface area (Å²) in [6.07, 6.45) is 7.04. The number of nitrogens with zero attached hydrogens (tertiary/aromatic N) is 1. The second-order valence-corrected chi connectivity index (χ2v) is 4.31. The third kappa shape index (κ3) is 3.07. The molecule has 0 bridgehead atoms. The van der Waals surface area contributed by atoms with Crippen LogP contribution in [0.15, 0.2) is 58.5 Å². The Hall–Kier alpha value is -1.35. The molecule has 0 fully saturated rings. The van der Waals surface area contributed by atoms with Crippen LogP contribution >= 0.6 is 15.9 Å². The van der Waals surface area contributed by atoms with Crippen molar-refractivity contribution < 1.29 is 0 Å². The zero-order chi connectivity index (χ0) is 12.1. The largest absolute Gasteiger partial charge is 0.310 e. The molecule has 0 aromatic carbocycles. The lowest BCUT2D eigenvalue weighted by molar-refractivity contribution is 0.753. The Bertz CT molecular complexity index is 497. The molecule has 0 saturated heterocycles. The molecule has 1 heterocycles. The van der Waals surface area contributed by atoms with Crippen molar-refractivity contribution in [3.8, 4) is 0 Å². The van der Waals surface area contributed by atoms with Crippen molar-refractivity contribution in [2.24, 2.45) is 0 Å². The van der Waals surface area contributed by atoms with E-state index in [4.69, 9.17) is 0 Å². The van der Waals surface area contributed by atoms with E-state index in [2.05, 4.69) is 29.1 Å². The van der Waals surface area contributed by atoms with Gasteiger partial charge < -0.3 is 4.57 Å². The van der Waals surface area contributed by atoms with Gasteiger partial charge >= 0.3 is 0 Å². The Kier molecular flexibility index (Phi) is 4.50. The fraction of sp³-hybridized carbons (Fsp3) is 0.154. The maximum Gasteiger partial charge on any atom is 0.251 e. The number of hydrogen-bond donors (Lipinski definition) is 0. The van der Waals surface area contributed by atoms with Crippen LogP contribution in [0.4, 0.5) is 0 Å². The van der Waals surface area contributed by atoms with E-state index in [-0.39, 0.29) is 5.56 Å². The smallest absolute Gasteiger partial charge is 0.251 e. The first-order valence-corrected chi connectivity index (χ1v) is 5.68. The summed E-state index contributed by atoms with van der Waals surface area (Å²) in [6.45, 7) is 9.73. The van der Waals surface area contributed by atoms with Gasteiger partial charge in [0.2, 0.25) is 0 Å². The molecule has 0 atom stereocenters. The standard InChI is InChI=1S/C13H14BrNO/c1-4-6-11(5-2)8-15-9-12(14)10(3)7-13(15)16/h4-7,9H,1-2,8H2,3H3/b11-6+.